The Hall–Kier alpha value is -1.46. The normalized spacial score (nSPS) is 23.5. The first-order valence-electron chi connectivity index (χ1n) is 16.1. The topological polar surface area (TPSA) is 120 Å². The van der Waals surface area contributed by atoms with Crippen LogP contribution in [0.3, 0.4) is 0 Å². The summed E-state index contributed by atoms with van der Waals surface area (Å²) in [5.41, 5.74) is 2.83. The Labute approximate surface area is 285 Å². The van der Waals surface area contributed by atoms with Crippen LogP contribution in [0.25, 0.3) is 0 Å². The number of hydrogen-bond donors (Lipinski definition) is 5. The number of phenols is 1. The van der Waals surface area contributed by atoms with Crippen LogP contribution in [0.2, 0.25) is 0 Å². The van der Waals surface area contributed by atoms with Crippen molar-refractivity contribution in [2.45, 2.75) is 163 Å². The summed E-state index contributed by atoms with van der Waals surface area (Å²) in [6.45, 7) is 29.9. The third kappa shape index (κ3) is 9.16. The maximum absolute atomic E-state index is 11.3. The van der Waals surface area contributed by atoms with Crippen molar-refractivity contribution in [1.82, 2.24) is 0 Å². The number of aliphatic hydroxyl groups is 4. The summed E-state index contributed by atoms with van der Waals surface area (Å²) in [5, 5.41) is 52.0. The van der Waals surface area contributed by atoms with Crippen LogP contribution in [0.1, 0.15) is 119 Å². The summed E-state index contributed by atoms with van der Waals surface area (Å²) in [6, 6.07) is 8.59. The smallest absolute Gasteiger partial charge is 0.184 e. The molecule has 0 aromatic heterocycles. The maximum atomic E-state index is 11.3. The molecule has 1 aliphatic rings. The fourth-order valence-electron chi connectivity index (χ4n) is 5.56. The van der Waals surface area contributed by atoms with E-state index in [-0.39, 0.29) is 32.3 Å². The number of aromatic hydroxyl groups is 1. The van der Waals surface area contributed by atoms with Crippen LogP contribution in [0.5, 0.6) is 11.5 Å². The fraction of sp³-hybridized carbons (Fsp3) is 0.676. The first-order valence-corrected chi connectivity index (χ1v) is 17.7. The van der Waals surface area contributed by atoms with Gasteiger partial charge < -0.3 is 35.0 Å². The molecule has 0 spiro atoms. The average Bonchev–Trinajstić information content (AvgIpc) is 2.87. The van der Waals surface area contributed by atoms with Crippen molar-refractivity contribution in [3.05, 3.63) is 46.5 Å². The first kappa shape index (κ1) is 39.0. The van der Waals surface area contributed by atoms with Crippen molar-refractivity contribution in [3.8, 4) is 11.5 Å². The predicted molar refractivity (Wildman–Crippen MR) is 190 cm³/mol. The summed E-state index contributed by atoms with van der Waals surface area (Å²) in [6.07, 6.45) is -7.21. The van der Waals surface area contributed by atoms with Gasteiger partial charge >= 0.3 is 0 Å². The van der Waals surface area contributed by atoms with E-state index in [4.69, 9.17) is 9.47 Å². The molecule has 2 aromatic carbocycles. The standard InChI is InChI=1S/C37H58O7S2/c1-33(2,3)22-15-20(16-23(27(22)38)34(4,5)6)45-37(13,14)46-21-17-24(35(7,8)9)31(25(18-21)36(10,11)12)43-19-26-28(39)29(40)30(41)32(42)44-26/h15-18,26,28-30,32,38-42H,19H2,1-14H3/t26-,28-,29+,30-,32+/m1/s1. The molecule has 1 fully saturated rings. The van der Waals surface area contributed by atoms with Gasteiger partial charge in [-0.25, -0.2) is 0 Å². The molecule has 0 amide bonds. The lowest BCUT2D eigenvalue weighted by Gasteiger charge is -2.39. The number of ether oxygens (including phenoxy) is 2. The number of thioether (sulfide) groups is 2. The first-order chi connectivity index (χ1) is 20.6. The van der Waals surface area contributed by atoms with Crippen LogP contribution in [-0.4, -0.2) is 66.9 Å². The van der Waals surface area contributed by atoms with Gasteiger partial charge in [0.15, 0.2) is 6.29 Å². The highest BCUT2D eigenvalue weighted by atomic mass is 32.2. The highest BCUT2D eigenvalue weighted by Crippen LogP contribution is 2.51. The zero-order valence-electron chi connectivity index (χ0n) is 30.3. The summed E-state index contributed by atoms with van der Waals surface area (Å²) >= 11 is 3.55. The molecular formula is C37H58O7S2. The largest absolute Gasteiger partial charge is 0.507 e. The van der Waals surface area contributed by atoms with Gasteiger partial charge in [-0.2, -0.15) is 0 Å². The molecule has 46 heavy (non-hydrogen) atoms. The third-order valence-corrected chi connectivity index (χ3v) is 10.6. The second-order valence-electron chi connectivity index (χ2n) is 17.2. The number of rotatable bonds is 7. The van der Waals surface area contributed by atoms with Gasteiger partial charge in [0.1, 0.15) is 42.5 Å². The summed E-state index contributed by atoms with van der Waals surface area (Å²) in [7, 11) is 0. The predicted octanol–water partition coefficient (Wildman–Crippen LogP) is 7.38. The SMILES string of the molecule is CC(C)(Sc1cc(C(C)(C)C)c(O)c(C(C)(C)C)c1)Sc1cc(C(C)(C)C)c(OC[C@H]2O[C@H](O)[C@H](O)[C@@H](O)[C@@H]2O)c(C(C)(C)C)c1. The summed E-state index contributed by atoms with van der Waals surface area (Å²) in [5.74, 6) is 1.06. The molecule has 1 aliphatic heterocycles. The van der Waals surface area contributed by atoms with E-state index in [0.29, 0.717) is 11.5 Å². The lowest BCUT2D eigenvalue weighted by Crippen LogP contribution is -2.58. The maximum Gasteiger partial charge on any atom is 0.184 e. The molecular weight excluding hydrogens is 621 g/mol. The molecule has 0 bridgehead atoms. The molecule has 0 radical (unpaired) electrons. The molecule has 3 rings (SSSR count). The third-order valence-electron chi connectivity index (χ3n) is 8.18. The Balaban J connectivity index is 2.03. The number of phenolic OH excluding ortho intramolecular Hbond substituents is 1. The van der Waals surface area contributed by atoms with Crippen LogP contribution in [0, 0.1) is 0 Å². The number of hydrogen-bond acceptors (Lipinski definition) is 9. The highest BCUT2D eigenvalue weighted by Gasteiger charge is 2.43. The molecule has 5 N–H and O–H groups in total. The van der Waals surface area contributed by atoms with E-state index in [0.717, 1.165) is 32.0 Å². The quantitative estimate of drug-likeness (QED) is 0.151. The van der Waals surface area contributed by atoms with E-state index < -0.39 is 30.7 Å². The summed E-state index contributed by atoms with van der Waals surface area (Å²) in [4.78, 5) is 2.20. The van der Waals surface area contributed by atoms with Crippen LogP contribution in [-0.2, 0) is 26.4 Å². The Morgan fingerprint density at radius 3 is 1.33 bits per heavy atom. The van der Waals surface area contributed by atoms with Crippen molar-refractivity contribution in [2.24, 2.45) is 0 Å². The molecule has 0 unspecified atom stereocenters. The Bertz CT molecular complexity index is 1310. The second kappa shape index (κ2) is 13.4. The van der Waals surface area contributed by atoms with Crippen molar-refractivity contribution >= 4 is 23.5 Å². The molecule has 7 nitrogen and oxygen atoms in total. The van der Waals surface area contributed by atoms with E-state index in [9.17, 15) is 25.5 Å². The van der Waals surface area contributed by atoms with E-state index >= 15 is 0 Å². The van der Waals surface area contributed by atoms with Gasteiger partial charge in [0.05, 0.1) is 4.08 Å². The van der Waals surface area contributed by atoms with Gasteiger partial charge in [0, 0.05) is 32.0 Å². The summed E-state index contributed by atoms with van der Waals surface area (Å²) < 4.78 is 11.6. The Kier molecular flexibility index (Phi) is 11.4. The fourth-order valence-corrected chi connectivity index (χ4v) is 8.15. The van der Waals surface area contributed by atoms with E-state index in [1.165, 1.54) is 0 Å². The van der Waals surface area contributed by atoms with E-state index in [2.05, 4.69) is 121 Å². The molecule has 9 heteroatoms. The molecule has 0 saturated carbocycles. The van der Waals surface area contributed by atoms with Crippen molar-refractivity contribution in [2.75, 3.05) is 6.61 Å². The highest BCUT2D eigenvalue weighted by molar-refractivity contribution is 8.18. The average molecular weight is 679 g/mol. The minimum atomic E-state index is -1.62. The molecule has 1 saturated heterocycles. The van der Waals surface area contributed by atoms with E-state index in [1.54, 1.807) is 23.5 Å². The van der Waals surface area contributed by atoms with Gasteiger partial charge in [-0.15, -0.1) is 23.5 Å². The lowest BCUT2D eigenvalue weighted by atomic mass is 9.79. The van der Waals surface area contributed by atoms with Crippen molar-refractivity contribution in [3.63, 3.8) is 0 Å². The zero-order valence-corrected chi connectivity index (χ0v) is 31.9. The van der Waals surface area contributed by atoms with Crippen LogP contribution in [0.4, 0.5) is 0 Å². The molecule has 0 aliphatic carbocycles. The lowest BCUT2D eigenvalue weighted by molar-refractivity contribution is -0.285. The van der Waals surface area contributed by atoms with Crippen LogP contribution in [0.15, 0.2) is 34.1 Å². The number of aliphatic hydroxyl groups excluding tert-OH is 4. The minimum Gasteiger partial charge on any atom is -0.507 e. The van der Waals surface area contributed by atoms with Gasteiger partial charge in [-0.05, 0) is 59.8 Å². The van der Waals surface area contributed by atoms with Gasteiger partial charge in [-0.3, -0.25) is 0 Å². The Morgan fingerprint density at radius 1 is 0.587 bits per heavy atom. The van der Waals surface area contributed by atoms with Crippen molar-refractivity contribution in [1.29, 1.82) is 0 Å². The van der Waals surface area contributed by atoms with Crippen LogP contribution < -0.4 is 4.74 Å². The molecule has 260 valence electrons. The van der Waals surface area contributed by atoms with Gasteiger partial charge in [0.25, 0.3) is 0 Å². The molecule has 5 atom stereocenters. The minimum absolute atomic E-state index is 0.116. The van der Waals surface area contributed by atoms with Gasteiger partial charge in [-0.1, -0.05) is 83.1 Å². The zero-order chi connectivity index (χ0) is 35.4. The number of benzene rings is 2. The van der Waals surface area contributed by atoms with Crippen LogP contribution >= 0.6 is 23.5 Å². The molecule has 1 heterocycles. The monoisotopic (exact) mass is 678 g/mol. The van der Waals surface area contributed by atoms with Gasteiger partial charge in [0.2, 0.25) is 0 Å². The van der Waals surface area contributed by atoms with Crippen molar-refractivity contribution < 1.29 is 35.0 Å². The second-order valence-corrected chi connectivity index (χ2v) is 20.8. The van der Waals surface area contributed by atoms with E-state index in [1.807, 2.05) is 0 Å². The molecule has 2 aromatic rings. The Morgan fingerprint density at radius 2 is 0.957 bits per heavy atom.